The molecule has 2 atom stereocenters. The van der Waals surface area contributed by atoms with Crippen LogP contribution < -0.4 is 14.4 Å². The summed E-state index contributed by atoms with van der Waals surface area (Å²) in [4.78, 5) is 19.6. The minimum atomic E-state index is -0.203. The SMILES string of the molecule is C=CCOc1ccc(CN2CCCCC2COC(=O)N2CCN(c3ccc(OC)cc3)C(C)C2)cc1. The zero-order valence-corrected chi connectivity index (χ0v) is 21.6. The van der Waals surface area contributed by atoms with Crippen molar-refractivity contribution in [1.29, 1.82) is 0 Å². The number of hydrogen-bond donors (Lipinski definition) is 0. The molecule has 0 aliphatic carbocycles. The Morgan fingerprint density at radius 2 is 1.78 bits per heavy atom. The van der Waals surface area contributed by atoms with E-state index in [9.17, 15) is 4.79 Å². The van der Waals surface area contributed by atoms with E-state index in [0.717, 1.165) is 43.2 Å². The monoisotopic (exact) mass is 493 g/mol. The number of ether oxygens (including phenoxy) is 3. The van der Waals surface area contributed by atoms with E-state index in [1.807, 2.05) is 29.2 Å². The Hall–Kier alpha value is -3.19. The van der Waals surface area contributed by atoms with Gasteiger partial charge in [-0.15, -0.1) is 0 Å². The van der Waals surface area contributed by atoms with Crippen molar-refractivity contribution in [1.82, 2.24) is 9.80 Å². The zero-order chi connectivity index (χ0) is 25.3. The third-order valence-electron chi connectivity index (χ3n) is 7.11. The van der Waals surface area contributed by atoms with Crippen molar-refractivity contribution in [2.45, 2.75) is 44.8 Å². The van der Waals surface area contributed by atoms with E-state index in [-0.39, 0.29) is 18.2 Å². The minimum absolute atomic E-state index is 0.203. The second-order valence-electron chi connectivity index (χ2n) is 9.63. The molecule has 2 aliphatic heterocycles. The fraction of sp³-hybridized carbons (Fsp3) is 0.483. The molecule has 2 unspecified atom stereocenters. The summed E-state index contributed by atoms with van der Waals surface area (Å²) in [6, 6.07) is 16.8. The second-order valence-corrected chi connectivity index (χ2v) is 9.63. The number of carbonyl (C=O) groups excluding carboxylic acids is 1. The van der Waals surface area contributed by atoms with Crippen LogP contribution in [-0.4, -0.2) is 74.5 Å². The van der Waals surface area contributed by atoms with E-state index in [1.165, 1.54) is 18.4 Å². The minimum Gasteiger partial charge on any atom is -0.497 e. The van der Waals surface area contributed by atoms with Gasteiger partial charge >= 0.3 is 6.09 Å². The second kappa shape index (κ2) is 12.7. The number of nitrogens with zero attached hydrogens (tertiary/aromatic N) is 3. The maximum Gasteiger partial charge on any atom is 0.409 e. The number of hydrogen-bond acceptors (Lipinski definition) is 6. The molecule has 2 fully saturated rings. The average Bonchev–Trinajstić information content (AvgIpc) is 2.92. The molecular formula is C29H39N3O4. The Morgan fingerprint density at radius 1 is 1.03 bits per heavy atom. The molecule has 0 saturated carbocycles. The summed E-state index contributed by atoms with van der Waals surface area (Å²) in [5, 5.41) is 0. The number of piperazine rings is 1. The van der Waals surface area contributed by atoms with Crippen molar-refractivity contribution >= 4 is 11.8 Å². The summed E-state index contributed by atoms with van der Waals surface area (Å²) >= 11 is 0. The number of methoxy groups -OCH3 is 1. The Kier molecular flexibility index (Phi) is 9.11. The van der Waals surface area contributed by atoms with Gasteiger partial charge in [-0.3, -0.25) is 4.90 Å². The van der Waals surface area contributed by atoms with Gasteiger partial charge < -0.3 is 24.0 Å². The maximum atomic E-state index is 12.9. The molecular weight excluding hydrogens is 454 g/mol. The van der Waals surface area contributed by atoms with Crippen LogP contribution in [0.4, 0.5) is 10.5 Å². The Balaban J connectivity index is 1.26. The lowest BCUT2D eigenvalue weighted by atomic mass is 10.0. The smallest absolute Gasteiger partial charge is 0.409 e. The van der Waals surface area contributed by atoms with Gasteiger partial charge in [0.15, 0.2) is 0 Å². The van der Waals surface area contributed by atoms with E-state index < -0.39 is 0 Å². The third-order valence-corrected chi connectivity index (χ3v) is 7.11. The van der Waals surface area contributed by atoms with Crippen LogP contribution in [0.25, 0.3) is 0 Å². The van der Waals surface area contributed by atoms with Gasteiger partial charge in [0.05, 0.1) is 7.11 Å². The highest BCUT2D eigenvalue weighted by atomic mass is 16.6. The average molecular weight is 494 g/mol. The number of amides is 1. The van der Waals surface area contributed by atoms with Crippen LogP contribution in [0.15, 0.2) is 61.2 Å². The molecule has 194 valence electrons. The van der Waals surface area contributed by atoms with Crippen molar-refractivity contribution in [3.05, 3.63) is 66.7 Å². The van der Waals surface area contributed by atoms with E-state index >= 15 is 0 Å². The van der Waals surface area contributed by atoms with Crippen LogP contribution in [0, 0.1) is 0 Å². The maximum absolute atomic E-state index is 12.9. The van der Waals surface area contributed by atoms with Gasteiger partial charge in [0.25, 0.3) is 0 Å². The molecule has 1 amide bonds. The van der Waals surface area contributed by atoms with Gasteiger partial charge in [-0.05, 0) is 68.3 Å². The summed E-state index contributed by atoms with van der Waals surface area (Å²) in [6.45, 7) is 10.7. The van der Waals surface area contributed by atoms with E-state index in [2.05, 4.69) is 47.6 Å². The number of benzene rings is 2. The molecule has 2 heterocycles. The zero-order valence-electron chi connectivity index (χ0n) is 21.6. The van der Waals surface area contributed by atoms with Gasteiger partial charge in [-0.25, -0.2) is 4.79 Å². The molecule has 2 saturated heterocycles. The highest BCUT2D eigenvalue weighted by Gasteiger charge is 2.29. The first-order valence-electron chi connectivity index (χ1n) is 13.0. The van der Waals surface area contributed by atoms with Crippen molar-refractivity contribution in [3.63, 3.8) is 0 Å². The predicted octanol–water partition coefficient (Wildman–Crippen LogP) is 4.96. The van der Waals surface area contributed by atoms with Gasteiger partial charge in [0.2, 0.25) is 0 Å². The highest BCUT2D eigenvalue weighted by Crippen LogP contribution is 2.25. The molecule has 0 aromatic heterocycles. The van der Waals surface area contributed by atoms with Crippen molar-refractivity contribution in [2.24, 2.45) is 0 Å². The van der Waals surface area contributed by atoms with E-state index in [1.54, 1.807) is 13.2 Å². The third kappa shape index (κ3) is 6.72. The summed E-state index contributed by atoms with van der Waals surface area (Å²) in [5.41, 5.74) is 2.39. The summed E-state index contributed by atoms with van der Waals surface area (Å²) in [6.07, 6.45) is 4.94. The van der Waals surface area contributed by atoms with Crippen molar-refractivity contribution in [2.75, 3.05) is 51.4 Å². The van der Waals surface area contributed by atoms with Gasteiger partial charge in [0.1, 0.15) is 24.7 Å². The summed E-state index contributed by atoms with van der Waals surface area (Å²) in [5.74, 6) is 1.70. The largest absolute Gasteiger partial charge is 0.497 e. The molecule has 2 aromatic carbocycles. The van der Waals surface area contributed by atoms with Crippen molar-refractivity contribution < 1.29 is 19.0 Å². The molecule has 36 heavy (non-hydrogen) atoms. The first kappa shape index (κ1) is 25.9. The van der Waals surface area contributed by atoms with Crippen LogP contribution in [0.1, 0.15) is 31.7 Å². The summed E-state index contributed by atoms with van der Waals surface area (Å²) < 4.78 is 16.7. The molecule has 4 rings (SSSR count). The highest BCUT2D eigenvalue weighted by molar-refractivity contribution is 5.68. The number of carbonyl (C=O) groups is 1. The van der Waals surface area contributed by atoms with Crippen LogP contribution in [0.3, 0.4) is 0 Å². The van der Waals surface area contributed by atoms with Crippen LogP contribution in [0.5, 0.6) is 11.5 Å². The standard InChI is InChI=1S/C29H39N3O4/c1-4-19-35-28-12-8-24(9-13-28)21-30-16-6-5-7-26(30)22-36-29(33)31-17-18-32(23(2)20-31)25-10-14-27(34-3)15-11-25/h4,8-15,23,26H,1,5-7,16-22H2,2-3H3. The Bertz CT molecular complexity index is 979. The Morgan fingerprint density at radius 3 is 2.47 bits per heavy atom. The predicted molar refractivity (Wildman–Crippen MR) is 143 cm³/mol. The fourth-order valence-electron chi connectivity index (χ4n) is 5.08. The normalized spacial score (nSPS) is 20.6. The van der Waals surface area contributed by atoms with Crippen LogP contribution in [-0.2, 0) is 11.3 Å². The molecule has 0 spiro atoms. The molecule has 0 N–H and O–H groups in total. The molecule has 7 heteroatoms. The lowest BCUT2D eigenvalue weighted by Crippen LogP contribution is -2.54. The van der Waals surface area contributed by atoms with Gasteiger partial charge in [-0.1, -0.05) is 31.2 Å². The first-order chi connectivity index (χ1) is 17.6. The fourth-order valence-corrected chi connectivity index (χ4v) is 5.08. The first-order valence-corrected chi connectivity index (χ1v) is 13.0. The molecule has 0 bridgehead atoms. The number of piperidine rings is 1. The molecule has 7 nitrogen and oxygen atoms in total. The topological polar surface area (TPSA) is 54.5 Å². The number of anilines is 1. The van der Waals surface area contributed by atoms with E-state index in [4.69, 9.17) is 14.2 Å². The van der Waals surface area contributed by atoms with Gasteiger partial charge in [-0.2, -0.15) is 0 Å². The van der Waals surface area contributed by atoms with Gasteiger partial charge in [0, 0.05) is 44.0 Å². The van der Waals surface area contributed by atoms with Crippen molar-refractivity contribution in [3.8, 4) is 11.5 Å². The number of likely N-dealkylation sites (tertiary alicyclic amines) is 1. The lowest BCUT2D eigenvalue weighted by molar-refractivity contribution is 0.0438. The summed E-state index contributed by atoms with van der Waals surface area (Å²) in [7, 11) is 1.67. The lowest BCUT2D eigenvalue weighted by Gasteiger charge is -2.41. The molecule has 2 aromatic rings. The number of rotatable bonds is 9. The van der Waals surface area contributed by atoms with Crippen LogP contribution in [0.2, 0.25) is 0 Å². The molecule has 0 radical (unpaired) electrons. The van der Waals surface area contributed by atoms with Crippen LogP contribution >= 0.6 is 0 Å². The Labute approximate surface area is 215 Å². The molecule has 2 aliphatic rings. The quantitative estimate of drug-likeness (QED) is 0.460. The van der Waals surface area contributed by atoms with E-state index in [0.29, 0.717) is 26.3 Å².